The van der Waals surface area contributed by atoms with E-state index in [0.29, 0.717) is 31.6 Å². The van der Waals surface area contributed by atoms with Gasteiger partial charge in [0.2, 0.25) is 5.91 Å². The van der Waals surface area contributed by atoms with Crippen LogP contribution in [-0.4, -0.2) is 41.8 Å². The van der Waals surface area contributed by atoms with E-state index in [0.717, 1.165) is 6.07 Å². The second-order valence-corrected chi connectivity index (χ2v) is 5.75. The van der Waals surface area contributed by atoms with Gasteiger partial charge in [-0.25, -0.2) is 4.39 Å². The number of ether oxygens (including phenoxy) is 1. The van der Waals surface area contributed by atoms with Gasteiger partial charge in [-0.3, -0.25) is 9.59 Å². The zero-order chi connectivity index (χ0) is 16.9. The Labute approximate surface area is 133 Å². The molecule has 6 nitrogen and oxygen atoms in total. The fourth-order valence-electron chi connectivity index (χ4n) is 2.58. The van der Waals surface area contributed by atoms with E-state index in [1.165, 1.54) is 18.2 Å². The van der Waals surface area contributed by atoms with Crippen LogP contribution in [0.15, 0.2) is 24.3 Å². The van der Waals surface area contributed by atoms with Crippen molar-refractivity contribution in [2.45, 2.75) is 25.4 Å². The highest BCUT2D eigenvalue weighted by Crippen LogP contribution is 2.30. The Bertz CT molecular complexity index is 571. The molecule has 0 aromatic heterocycles. The number of hydrogen-bond donors (Lipinski definition) is 3. The molecule has 1 heterocycles. The Morgan fingerprint density at radius 3 is 2.65 bits per heavy atom. The van der Waals surface area contributed by atoms with E-state index in [2.05, 4.69) is 5.32 Å². The van der Waals surface area contributed by atoms with E-state index >= 15 is 0 Å². The zero-order valence-corrected chi connectivity index (χ0v) is 12.6. The molecule has 1 saturated heterocycles. The normalized spacial score (nSPS) is 18.2. The molecular formula is C16H20FNO5. The molecule has 1 amide bonds. The lowest BCUT2D eigenvalue weighted by atomic mass is 9.80. The molecule has 1 aromatic rings. The average molecular weight is 325 g/mol. The van der Waals surface area contributed by atoms with E-state index < -0.39 is 29.2 Å². The van der Waals surface area contributed by atoms with Crippen molar-refractivity contribution in [2.24, 2.45) is 5.41 Å². The van der Waals surface area contributed by atoms with E-state index in [-0.39, 0.29) is 13.0 Å². The molecule has 7 heteroatoms. The van der Waals surface area contributed by atoms with Gasteiger partial charge in [0.1, 0.15) is 5.82 Å². The summed E-state index contributed by atoms with van der Waals surface area (Å²) in [4.78, 5) is 23.4. The van der Waals surface area contributed by atoms with Gasteiger partial charge < -0.3 is 20.3 Å². The lowest BCUT2D eigenvalue weighted by molar-refractivity contribution is -0.154. The molecule has 0 aliphatic carbocycles. The average Bonchev–Trinajstić information content (AvgIpc) is 2.53. The van der Waals surface area contributed by atoms with Crippen LogP contribution in [0.1, 0.15) is 30.9 Å². The number of carboxylic acid groups (broad SMARTS) is 1. The van der Waals surface area contributed by atoms with Gasteiger partial charge in [0.05, 0.1) is 17.9 Å². The zero-order valence-electron chi connectivity index (χ0n) is 12.6. The highest BCUT2D eigenvalue weighted by Gasteiger charge is 2.40. The Balaban J connectivity index is 1.90. The summed E-state index contributed by atoms with van der Waals surface area (Å²) in [5.74, 6) is -1.94. The number of amides is 1. The summed E-state index contributed by atoms with van der Waals surface area (Å²) in [6.07, 6.45) is -0.735. The van der Waals surface area contributed by atoms with Crippen molar-refractivity contribution in [3.8, 4) is 0 Å². The molecule has 1 aromatic carbocycles. The van der Waals surface area contributed by atoms with Gasteiger partial charge in [-0.1, -0.05) is 12.1 Å². The molecule has 1 fully saturated rings. The van der Waals surface area contributed by atoms with E-state index in [1.54, 1.807) is 0 Å². The third-order valence-electron chi connectivity index (χ3n) is 4.14. The molecule has 1 unspecified atom stereocenters. The summed E-state index contributed by atoms with van der Waals surface area (Å²) in [6.45, 7) is 0.669. The first-order valence-electron chi connectivity index (χ1n) is 7.44. The number of carbonyl (C=O) groups is 2. The minimum atomic E-state index is -1.14. The third kappa shape index (κ3) is 4.49. The summed E-state index contributed by atoms with van der Waals surface area (Å²) in [7, 11) is 0. The van der Waals surface area contributed by atoms with Gasteiger partial charge in [-0.05, 0) is 30.5 Å². The number of benzene rings is 1. The smallest absolute Gasteiger partial charge is 0.311 e. The first kappa shape index (κ1) is 17.4. The summed E-state index contributed by atoms with van der Waals surface area (Å²) in [6, 6.07) is 5.39. The van der Waals surface area contributed by atoms with Crippen LogP contribution in [0.25, 0.3) is 0 Å². The third-order valence-corrected chi connectivity index (χ3v) is 4.14. The first-order chi connectivity index (χ1) is 10.9. The second-order valence-electron chi connectivity index (χ2n) is 5.75. The number of carboxylic acids is 1. The standard InChI is InChI=1S/C16H20FNO5/c17-12-3-1-2-11(8-12)13(19)9-14(20)18-10-16(15(21)22)4-6-23-7-5-16/h1-3,8,13,19H,4-7,9-10H2,(H,18,20)(H,21,22). The highest BCUT2D eigenvalue weighted by molar-refractivity contribution is 5.79. The predicted molar refractivity (Wildman–Crippen MR) is 79.1 cm³/mol. The molecule has 0 radical (unpaired) electrons. The maximum absolute atomic E-state index is 13.1. The van der Waals surface area contributed by atoms with Gasteiger partial charge >= 0.3 is 5.97 Å². The van der Waals surface area contributed by atoms with E-state index in [9.17, 15) is 24.2 Å². The number of aliphatic carboxylic acids is 1. The maximum atomic E-state index is 13.1. The van der Waals surface area contributed by atoms with Crippen LogP contribution in [0, 0.1) is 11.2 Å². The van der Waals surface area contributed by atoms with Crippen LogP contribution in [0.5, 0.6) is 0 Å². The molecule has 126 valence electrons. The summed E-state index contributed by atoms with van der Waals surface area (Å²) in [5, 5.41) is 21.9. The van der Waals surface area contributed by atoms with Crippen molar-refractivity contribution in [3.05, 3.63) is 35.6 Å². The predicted octanol–water partition coefficient (Wildman–Crippen LogP) is 1.25. The molecule has 0 spiro atoms. The lowest BCUT2D eigenvalue weighted by Gasteiger charge is -2.33. The van der Waals surface area contributed by atoms with Crippen molar-refractivity contribution in [3.63, 3.8) is 0 Å². The van der Waals surface area contributed by atoms with Gasteiger partial charge in [-0.15, -0.1) is 0 Å². The molecule has 1 aliphatic rings. The number of hydrogen-bond acceptors (Lipinski definition) is 4. The number of halogens is 1. The van der Waals surface area contributed by atoms with Crippen LogP contribution in [0.3, 0.4) is 0 Å². The van der Waals surface area contributed by atoms with E-state index in [4.69, 9.17) is 4.74 Å². The fraction of sp³-hybridized carbons (Fsp3) is 0.500. The van der Waals surface area contributed by atoms with Gasteiger partial charge in [0.25, 0.3) is 0 Å². The number of aliphatic hydroxyl groups is 1. The summed E-state index contributed by atoms with van der Waals surface area (Å²) >= 11 is 0. The first-order valence-corrected chi connectivity index (χ1v) is 7.44. The minimum absolute atomic E-state index is 0.0135. The molecule has 0 bridgehead atoms. The number of aliphatic hydroxyl groups excluding tert-OH is 1. The largest absolute Gasteiger partial charge is 0.481 e. The van der Waals surface area contributed by atoms with Crippen molar-refractivity contribution < 1.29 is 28.9 Å². The van der Waals surface area contributed by atoms with Crippen molar-refractivity contribution in [2.75, 3.05) is 19.8 Å². The molecule has 23 heavy (non-hydrogen) atoms. The van der Waals surface area contributed by atoms with Crippen molar-refractivity contribution in [1.82, 2.24) is 5.32 Å². The van der Waals surface area contributed by atoms with Gasteiger partial charge in [0, 0.05) is 19.8 Å². The quantitative estimate of drug-likeness (QED) is 0.731. The van der Waals surface area contributed by atoms with Crippen molar-refractivity contribution in [1.29, 1.82) is 0 Å². The Morgan fingerprint density at radius 2 is 2.04 bits per heavy atom. The molecule has 1 atom stereocenters. The SMILES string of the molecule is O=C(CC(O)c1cccc(F)c1)NCC1(C(=O)O)CCOCC1. The van der Waals surface area contributed by atoms with Crippen LogP contribution >= 0.6 is 0 Å². The monoisotopic (exact) mass is 325 g/mol. The number of carbonyl (C=O) groups excluding carboxylic acids is 1. The van der Waals surface area contributed by atoms with Gasteiger partial charge in [0.15, 0.2) is 0 Å². The molecule has 1 aliphatic heterocycles. The van der Waals surface area contributed by atoms with Crippen LogP contribution in [-0.2, 0) is 14.3 Å². The fourth-order valence-corrected chi connectivity index (χ4v) is 2.58. The maximum Gasteiger partial charge on any atom is 0.311 e. The van der Waals surface area contributed by atoms with Crippen LogP contribution < -0.4 is 5.32 Å². The summed E-state index contributed by atoms with van der Waals surface area (Å²) < 4.78 is 18.3. The highest BCUT2D eigenvalue weighted by atomic mass is 19.1. The minimum Gasteiger partial charge on any atom is -0.481 e. The van der Waals surface area contributed by atoms with Crippen LogP contribution in [0.4, 0.5) is 4.39 Å². The lowest BCUT2D eigenvalue weighted by Crippen LogP contribution is -2.46. The Kier molecular flexibility index (Phi) is 5.68. The molecule has 0 saturated carbocycles. The van der Waals surface area contributed by atoms with Crippen molar-refractivity contribution >= 4 is 11.9 Å². The Morgan fingerprint density at radius 1 is 1.35 bits per heavy atom. The topological polar surface area (TPSA) is 95.9 Å². The Hall–Kier alpha value is -1.99. The molecule has 3 N–H and O–H groups in total. The summed E-state index contributed by atoms with van der Waals surface area (Å²) in [5.41, 5.74) is -0.725. The number of rotatable bonds is 6. The van der Waals surface area contributed by atoms with E-state index in [1.807, 2.05) is 0 Å². The van der Waals surface area contributed by atoms with Crippen LogP contribution in [0.2, 0.25) is 0 Å². The molecular weight excluding hydrogens is 305 g/mol. The van der Waals surface area contributed by atoms with Gasteiger partial charge in [-0.2, -0.15) is 0 Å². The molecule has 2 rings (SSSR count). The second kappa shape index (κ2) is 7.52. The number of nitrogens with one attached hydrogen (secondary N) is 1.